The van der Waals surface area contributed by atoms with Gasteiger partial charge in [-0.25, -0.2) is 13.4 Å². The van der Waals surface area contributed by atoms with E-state index in [1.165, 1.54) is 18.6 Å². The van der Waals surface area contributed by atoms with E-state index >= 15 is 0 Å². The highest BCUT2D eigenvalue weighted by Gasteiger charge is 2.63. The van der Waals surface area contributed by atoms with E-state index in [9.17, 15) is 34.8 Å². The Morgan fingerprint density at radius 2 is 1.86 bits per heavy atom. The molecule has 1 N–H and O–H groups in total. The molecule has 190 valence electrons. The summed E-state index contributed by atoms with van der Waals surface area (Å²) in [5.41, 5.74) is -6.80. The summed E-state index contributed by atoms with van der Waals surface area (Å²) in [5.74, 6) is 0.441. The lowest BCUT2D eigenvalue weighted by Crippen LogP contribution is -2.66. The number of aromatic amines is 1. The molecule has 6 rings (SSSR count). The Labute approximate surface area is 197 Å². The molecule has 1 unspecified atom stereocenters. The molecule has 13 heteroatoms. The van der Waals surface area contributed by atoms with Crippen molar-refractivity contribution >= 4 is 21.8 Å². The fraction of sp³-hybridized carbons (Fsp3) is 0.500. The molecule has 0 amide bonds. The van der Waals surface area contributed by atoms with Crippen LogP contribution < -0.4 is 4.90 Å². The number of nitrogens with one attached hydrogen (secondary N) is 1. The maximum atomic E-state index is 13.8. The highest BCUT2D eigenvalue weighted by molar-refractivity contribution is 7.89. The molecule has 1 aromatic carbocycles. The van der Waals surface area contributed by atoms with Crippen LogP contribution in [0, 0.1) is 11.3 Å². The Balaban J connectivity index is 1.73. The number of imidazole rings is 1. The lowest BCUT2D eigenvalue weighted by molar-refractivity contribution is -0.137. The van der Waals surface area contributed by atoms with Crippen molar-refractivity contribution in [2.24, 2.45) is 11.3 Å². The summed E-state index contributed by atoms with van der Waals surface area (Å²) < 4.78 is 108. The minimum absolute atomic E-state index is 0.117. The zero-order chi connectivity index (χ0) is 25.4. The van der Waals surface area contributed by atoms with E-state index in [2.05, 4.69) is 16.5 Å². The molecule has 1 atom stereocenters. The third kappa shape index (κ3) is 3.74. The summed E-state index contributed by atoms with van der Waals surface area (Å²) in [6.45, 7) is 2.24. The summed E-state index contributed by atoms with van der Waals surface area (Å²) in [6.07, 6.45) is 1.28. The maximum absolute atomic E-state index is 13.8. The van der Waals surface area contributed by atoms with Crippen molar-refractivity contribution in [3.63, 3.8) is 0 Å². The molecule has 3 aliphatic carbocycles. The van der Waals surface area contributed by atoms with Gasteiger partial charge in [0.25, 0.3) is 0 Å². The number of benzene rings is 1. The molecule has 0 saturated heterocycles. The quantitative estimate of drug-likeness (QED) is 0.569. The molecular weight excluding hydrogens is 498 g/mol. The summed E-state index contributed by atoms with van der Waals surface area (Å²) in [6, 6.07) is 1.44. The third-order valence-electron chi connectivity index (χ3n) is 7.56. The summed E-state index contributed by atoms with van der Waals surface area (Å²) in [5, 5.41) is 0. The average molecular weight is 520 g/mol. The van der Waals surface area contributed by atoms with Gasteiger partial charge in [-0.3, -0.25) is 0 Å². The van der Waals surface area contributed by atoms with Gasteiger partial charge in [-0.15, -0.1) is 0 Å². The molecule has 2 heterocycles. The van der Waals surface area contributed by atoms with Gasteiger partial charge in [0.05, 0.1) is 24.1 Å². The molecule has 3 fully saturated rings. The largest absolute Gasteiger partial charge is 0.511 e. The van der Waals surface area contributed by atoms with Crippen LogP contribution in [0.5, 0.6) is 0 Å². The van der Waals surface area contributed by atoms with E-state index in [1.54, 1.807) is 4.90 Å². The number of alkyl halides is 6. The second-order valence-electron chi connectivity index (χ2n) is 9.53. The van der Waals surface area contributed by atoms with Crippen LogP contribution in [0.15, 0.2) is 31.2 Å². The molecule has 2 aromatic rings. The van der Waals surface area contributed by atoms with Gasteiger partial charge in [-0.2, -0.15) is 30.6 Å². The van der Waals surface area contributed by atoms with Crippen LogP contribution in [0.2, 0.25) is 0 Å². The second-order valence-corrected chi connectivity index (χ2v) is 11.5. The second kappa shape index (κ2) is 7.73. The summed E-state index contributed by atoms with van der Waals surface area (Å²) in [7, 11) is -5.81. The number of H-pyrrole nitrogens is 1. The van der Waals surface area contributed by atoms with Crippen molar-refractivity contribution in [1.29, 1.82) is 0 Å². The van der Waals surface area contributed by atoms with Crippen LogP contribution in [0.25, 0.3) is 6.08 Å². The van der Waals surface area contributed by atoms with E-state index < -0.39 is 57.4 Å². The fourth-order valence-electron chi connectivity index (χ4n) is 5.83. The highest BCUT2D eigenvalue weighted by atomic mass is 32.2. The molecular formula is C22H22F6N4O2S. The van der Waals surface area contributed by atoms with Crippen molar-refractivity contribution in [2.45, 2.75) is 50.1 Å². The number of halogens is 6. The number of aromatic nitrogens is 2. The number of sulfonamides is 1. The van der Waals surface area contributed by atoms with Crippen molar-refractivity contribution in [1.82, 2.24) is 14.3 Å². The van der Waals surface area contributed by atoms with Crippen molar-refractivity contribution in [3.05, 3.63) is 53.6 Å². The molecule has 0 spiro atoms. The minimum atomic E-state index is -5.81. The SMILES string of the molecule is C=Cc1c(C(F)(F)F)ccc2c1CN(S(=O)(=O)C(F)(F)F)CC(C13CC(C1)C3)N2Cc1cnc[nH]1. The van der Waals surface area contributed by atoms with Crippen molar-refractivity contribution in [2.75, 3.05) is 11.4 Å². The van der Waals surface area contributed by atoms with Gasteiger partial charge in [0.2, 0.25) is 0 Å². The molecule has 35 heavy (non-hydrogen) atoms. The molecule has 4 aliphatic rings. The first-order valence-corrected chi connectivity index (χ1v) is 12.4. The number of fused-ring (bicyclic) bond motifs is 1. The van der Waals surface area contributed by atoms with E-state index in [1.807, 2.05) is 0 Å². The number of rotatable bonds is 5. The van der Waals surface area contributed by atoms with E-state index in [-0.39, 0.29) is 22.1 Å². The lowest BCUT2D eigenvalue weighted by atomic mass is 9.41. The van der Waals surface area contributed by atoms with Crippen LogP contribution in [-0.4, -0.2) is 40.8 Å². The minimum Gasteiger partial charge on any atom is -0.360 e. The first-order valence-electron chi connectivity index (χ1n) is 10.9. The van der Waals surface area contributed by atoms with Crippen LogP contribution in [0.4, 0.5) is 32.0 Å². The van der Waals surface area contributed by atoms with Gasteiger partial charge in [-0.1, -0.05) is 12.7 Å². The first kappa shape index (κ1) is 24.2. The standard InChI is InChI=1S/C22H22F6N4O2S/c1-2-15-16-10-31(35(33,34)22(26,27)28)11-19(20-5-13(6-20)7-20)32(9-14-8-29-12-30-14)18(16)4-3-17(15)21(23,24)25/h2-4,8,12-13,19H,1,5-7,9-11H2,(H,29,30). The topological polar surface area (TPSA) is 69.3 Å². The third-order valence-corrected chi connectivity index (χ3v) is 9.10. The lowest BCUT2D eigenvalue weighted by Gasteiger charge is -2.67. The molecule has 2 bridgehead atoms. The van der Waals surface area contributed by atoms with E-state index in [0.29, 0.717) is 11.6 Å². The summed E-state index contributed by atoms with van der Waals surface area (Å²) in [4.78, 5) is 8.63. The Morgan fingerprint density at radius 3 is 2.34 bits per heavy atom. The summed E-state index contributed by atoms with van der Waals surface area (Å²) >= 11 is 0. The normalized spacial score (nSPS) is 27.0. The van der Waals surface area contributed by atoms with Crippen LogP contribution >= 0.6 is 0 Å². The smallest absolute Gasteiger partial charge is 0.360 e. The predicted octanol–water partition coefficient (Wildman–Crippen LogP) is 4.91. The predicted molar refractivity (Wildman–Crippen MR) is 115 cm³/mol. The molecule has 1 aliphatic heterocycles. The van der Waals surface area contributed by atoms with Crippen molar-refractivity contribution in [3.8, 4) is 0 Å². The number of hydrogen-bond acceptors (Lipinski definition) is 4. The van der Waals surface area contributed by atoms with Crippen molar-refractivity contribution < 1.29 is 34.8 Å². The Bertz CT molecular complexity index is 1240. The highest BCUT2D eigenvalue weighted by Crippen LogP contribution is 2.68. The Morgan fingerprint density at radius 1 is 1.17 bits per heavy atom. The fourth-order valence-corrected chi connectivity index (χ4v) is 6.76. The van der Waals surface area contributed by atoms with Gasteiger partial charge in [0.1, 0.15) is 0 Å². The van der Waals surface area contributed by atoms with Gasteiger partial charge in [0.15, 0.2) is 0 Å². The van der Waals surface area contributed by atoms with E-state index in [0.717, 1.165) is 31.4 Å². The number of hydrogen-bond donors (Lipinski definition) is 1. The van der Waals surface area contributed by atoms with Gasteiger partial charge >= 0.3 is 21.7 Å². The van der Waals surface area contributed by atoms with Crippen LogP contribution in [-0.2, 0) is 29.3 Å². The van der Waals surface area contributed by atoms with Gasteiger partial charge in [-0.05, 0) is 53.9 Å². The molecule has 0 radical (unpaired) electrons. The van der Waals surface area contributed by atoms with Gasteiger partial charge < -0.3 is 9.88 Å². The number of nitrogens with zero attached hydrogens (tertiary/aromatic N) is 3. The number of anilines is 1. The average Bonchev–Trinajstić information content (AvgIpc) is 3.14. The van der Waals surface area contributed by atoms with Gasteiger partial charge in [0, 0.05) is 31.0 Å². The zero-order valence-corrected chi connectivity index (χ0v) is 19.1. The molecule has 6 nitrogen and oxygen atoms in total. The zero-order valence-electron chi connectivity index (χ0n) is 18.3. The molecule has 1 aromatic heterocycles. The van der Waals surface area contributed by atoms with E-state index in [4.69, 9.17) is 0 Å². The Hall–Kier alpha value is -2.54. The maximum Gasteiger partial charge on any atom is 0.511 e. The Kier molecular flexibility index (Phi) is 5.34. The van der Waals surface area contributed by atoms with Crippen LogP contribution in [0.3, 0.4) is 0 Å². The first-order chi connectivity index (χ1) is 16.3. The monoisotopic (exact) mass is 520 g/mol. The molecule has 3 saturated carbocycles. The van der Waals surface area contributed by atoms with Crippen LogP contribution in [0.1, 0.15) is 41.6 Å².